The molecule has 0 spiro atoms. The molecule has 5 nitrogen and oxygen atoms in total. The Morgan fingerprint density at radius 1 is 1.24 bits per heavy atom. The topological polar surface area (TPSA) is 76.7 Å². The smallest absolute Gasteiger partial charge is 0.188 e. The molecule has 106 valence electrons. The Bertz CT molecular complexity index is 769. The first-order valence-corrected chi connectivity index (χ1v) is 7.44. The summed E-state index contributed by atoms with van der Waals surface area (Å²) in [4.78, 5) is 12.8. The van der Waals surface area contributed by atoms with E-state index in [9.17, 15) is 0 Å². The Hall–Kier alpha value is -2.18. The number of nitrogen functional groups attached to an aromatic ring is 1. The zero-order valence-corrected chi connectivity index (χ0v) is 12.7. The quantitative estimate of drug-likeness (QED) is 0.766. The molecule has 7 heteroatoms. The number of nitrogens with zero attached hydrogens (tertiary/aromatic N) is 3. The largest absolute Gasteiger partial charge is 0.384 e. The van der Waals surface area contributed by atoms with Gasteiger partial charge < -0.3 is 11.1 Å². The molecule has 3 aromatic rings. The van der Waals surface area contributed by atoms with Crippen molar-refractivity contribution in [3.05, 3.63) is 46.6 Å². The fraction of sp³-hybridized carbons (Fsp3) is 0.0714. The van der Waals surface area contributed by atoms with E-state index < -0.39 is 0 Å². The predicted molar refractivity (Wildman–Crippen MR) is 87.0 cm³/mol. The average Bonchev–Trinajstić information content (AvgIpc) is 2.92. The summed E-state index contributed by atoms with van der Waals surface area (Å²) >= 11 is 7.31. The van der Waals surface area contributed by atoms with Crippen molar-refractivity contribution in [2.45, 2.75) is 6.92 Å². The van der Waals surface area contributed by atoms with Gasteiger partial charge in [0.15, 0.2) is 5.13 Å². The van der Waals surface area contributed by atoms with E-state index in [-0.39, 0.29) is 0 Å². The van der Waals surface area contributed by atoms with E-state index in [1.165, 1.54) is 11.3 Å². The highest BCUT2D eigenvalue weighted by molar-refractivity contribution is 7.14. The maximum absolute atomic E-state index is 5.81. The summed E-state index contributed by atoms with van der Waals surface area (Å²) in [6, 6.07) is 5.41. The Morgan fingerprint density at radius 2 is 2.10 bits per heavy atom. The number of hydrogen-bond donors (Lipinski definition) is 2. The van der Waals surface area contributed by atoms with Crippen LogP contribution >= 0.6 is 22.9 Å². The van der Waals surface area contributed by atoms with Gasteiger partial charge in [-0.2, -0.15) is 0 Å². The second-order valence-corrected chi connectivity index (χ2v) is 5.74. The van der Waals surface area contributed by atoms with Crippen molar-refractivity contribution < 1.29 is 0 Å². The molecule has 0 aliphatic carbocycles. The van der Waals surface area contributed by atoms with E-state index in [2.05, 4.69) is 20.3 Å². The van der Waals surface area contributed by atoms with Crippen LogP contribution in [0.4, 0.5) is 16.8 Å². The minimum absolute atomic E-state index is 0.484. The van der Waals surface area contributed by atoms with E-state index in [0.717, 1.165) is 22.0 Å². The highest BCUT2D eigenvalue weighted by Gasteiger charge is 2.09. The van der Waals surface area contributed by atoms with Gasteiger partial charge in [-0.15, -0.1) is 11.3 Å². The summed E-state index contributed by atoms with van der Waals surface area (Å²) in [6.07, 6.45) is 3.34. The molecule has 21 heavy (non-hydrogen) atoms. The third-order valence-corrected chi connectivity index (χ3v) is 3.85. The Morgan fingerprint density at radius 3 is 2.86 bits per heavy atom. The lowest BCUT2D eigenvalue weighted by atomic mass is 10.1. The highest BCUT2D eigenvalue weighted by Crippen LogP contribution is 2.29. The van der Waals surface area contributed by atoms with Crippen LogP contribution in [0.5, 0.6) is 0 Å². The normalized spacial score (nSPS) is 10.6. The van der Waals surface area contributed by atoms with Crippen molar-refractivity contribution in [2.24, 2.45) is 0 Å². The van der Waals surface area contributed by atoms with Crippen molar-refractivity contribution in [1.82, 2.24) is 15.0 Å². The van der Waals surface area contributed by atoms with Crippen LogP contribution in [0, 0.1) is 6.92 Å². The molecule has 0 aromatic carbocycles. The number of halogens is 1. The van der Waals surface area contributed by atoms with Gasteiger partial charge in [0, 0.05) is 23.3 Å². The van der Waals surface area contributed by atoms with Crippen LogP contribution in [0.15, 0.2) is 36.0 Å². The van der Waals surface area contributed by atoms with E-state index in [1.54, 1.807) is 24.5 Å². The zero-order chi connectivity index (χ0) is 14.8. The van der Waals surface area contributed by atoms with Gasteiger partial charge in [0.1, 0.15) is 11.6 Å². The van der Waals surface area contributed by atoms with Gasteiger partial charge >= 0.3 is 0 Å². The number of aromatic nitrogens is 3. The summed E-state index contributed by atoms with van der Waals surface area (Å²) < 4.78 is 0. The number of anilines is 3. The van der Waals surface area contributed by atoms with Crippen LogP contribution in [-0.2, 0) is 0 Å². The van der Waals surface area contributed by atoms with E-state index >= 15 is 0 Å². The molecule has 3 aromatic heterocycles. The van der Waals surface area contributed by atoms with Crippen molar-refractivity contribution in [2.75, 3.05) is 11.1 Å². The summed E-state index contributed by atoms with van der Waals surface area (Å²) in [6.45, 7) is 1.98. The SMILES string of the molecule is Cc1cnc(N)cc1-c1csc(Nc2ccc(Cl)cn2)n1. The lowest BCUT2D eigenvalue weighted by Gasteiger charge is -2.03. The van der Waals surface area contributed by atoms with Crippen LogP contribution in [0.25, 0.3) is 11.3 Å². The maximum atomic E-state index is 5.81. The minimum atomic E-state index is 0.484. The van der Waals surface area contributed by atoms with Crippen LogP contribution < -0.4 is 11.1 Å². The molecule has 0 saturated heterocycles. The van der Waals surface area contributed by atoms with Crippen LogP contribution in [-0.4, -0.2) is 15.0 Å². The Balaban J connectivity index is 1.86. The highest BCUT2D eigenvalue weighted by atomic mass is 35.5. The van der Waals surface area contributed by atoms with Gasteiger partial charge in [0.2, 0.25) is 0 Å². The standard InChI is InChI=1S/C14H12ClN5S/c1-8-5-17-12(16)4-10(8)11-7-21-14(19-11)20-13-3-2-9(15)6-18-13/h2-7H,1H3,(H2,16,17)(H,18,19,20). The summed E-state index contributed by atoms with van der Waals surface area (Å²) in [5.41, 5.74) is 8.61. The number of nitrogens with two attached hydrogens (primary N) is 1. The fourth-order valence-corrected chi connectivity index (χ4v) is 2.66. The molecule has 0 saturated carbocycles. The molecule has 0 unspecified atom stereocenters. The average molecular weight is 318 g/mol. The molecule has 0 aliphatic rings. The van der Waals surface area contributed by atoms with Gasteiger partial charge in [-0.05, 0) is 30.7 Å². The third kappa shape index (κ3) is 3.12. The van der Waals surface area contributed by atoms with E-state index in [4.69, 9.17) is 17.3 Å². The molecule has 0 atom stereocenters. The van der Waals surface area contributed by atoms with Crippen molar-refractivity contribution in [3.8, 4) is 11.3 Å². The summed E-state index contributed by atoms with van der Waals surface area (Å²) in [7, 11) is 0. The molecular formula is C14H12ClN5S. The van der Waals surface area contributed by atoms with Gasteiger partial charge in [0.05, 0.1) is 10.7 Å². The van der Waals surface area contributed by atoms with Gasteiger partial charge in [0.25, 0.3) is 0 Å². The number of pyridine rings is 2. The first kappa shape index (κ1) is 13.8. The molecule has 0 bridgehead atoms. The van der Waals surface area contributed by atoms with E-state index in [1.807, 2.05) is 18.4 Å². The maximum Gasteiger partial charge on any atom is 0.188 e. The van der Waals surface area contributed by atoms with E-state index in [0.29, 0.717) is 16.7 Å². The van der Waals surface area contributed by atoms with Crippen LogP contribution in [0.1, 0.15) is 5.56 Å². The minimum Gasteiger partial charge on any atom is -0.384 e. The van der Waals surface area contributed by atoms with Gasteiger partial charge in [-0.25, -0.2) is 15.0 Å². The second kappa shape index (κ2) is 5.67. The summed E-state index contributed by atoms with van der Waals surface area (Å²) in [5, 5.41) is 6.48. The van der Waals surface area contributed by atoms with Crippen molar-refractivity contribution in [1.29, 1.82) is 0 Å². The molecule has 3 heterocycles. The van der Waals surface area contributed by atoms with Gasteiger partial charge in [-0.1, -0.05) is 11.6 Å². The predicted octanol–water partition coefficient (Wildman–Crippen LogP) is 3.89. The van der Waals surface area contributed by atoms with Gasteiger partial charge in [-0.3, -0.25) is 0 Å². The monoisotopic (exact) mass is 317 g/mol. The lowest BCUT2D eigenvalue weighted by Crippen LogP contribution is -1.94. The number of hydrogen-bond acceptors (Lipinski definition) is 6. The first-order valence-electron chi connectivity index (χ1n) is 6.18. The molecule has 0 amide bonds. The number of aryl methyl sites for hydroxylation is 1. The van der Waals surface area contributed by atoms with Crippen molar-refractivity contribution in [3.63, 3.8) is 0 Å². The molecule has 3 rings (SSSR count). The second-order valence-electron chi connectivity index (χ2n) is 4.45. The van der Waals surface area contributed by atoms with Crippen LogP contribution in [0.3, 0.4) is 0 Å². The molecular weight excluding hydrogens is 306 g/mol. The summed E-state index contributed by atoms with van der Waals surface area (Å²) in [5.74, 6) is 1.18. The molecule has 0 radical (unpaired) electrons. The lowest BCUT2D eigenvalue weighted by molar-refractivity contribution is 1.25. The Labute approximate surface area is 130 Å². The molecule has 0 aliphatic heterocycles. The Kier molecular flexibility index (Phi) is 3.72. The third-order valence-electron chi connectivity index (χ3n) is 2.87. The first-order chi connectivity index (χ1) is 10.1. The molecule has 0 fully saturated rings. The number of thiazole rings is 1. The zero-order valence-electron chi connectivity index (χ0n) is 11.2. The number of nitrogens with one attached hydrogen (secondary N) is 1. The molecule has 3 N–H and O–H groups in total. The van der Waals surface area contributed by atoms with Crippen molar-refractivity contribution >= 4 is 39.7 Å². The van der Waals surface area contributed by atoms with Crippen LogP contribution in [0.2, 0.25) is 5.02 Å². The number of rotatable bonds is 3. The fourth-order valence-electron chi connectivity index (χ4n) is 1.83.